The predicted octanol–water partition coefficient (Wildman–Crippen LogP) is 5.24. The third kappa shape index (κ3) is 5.08. The van der Waals surface area contributed by atoms with Gasteiger partial charge < -0.3 is 18.9 Å². The molecular weight excluding hydrogens is 464 g/mol. The van der Waals surface area contributed by atoms with E-state index in [-0.39, 0.29) is 11.7 Å². The molecule has 0 aliphatic carbocycles. The summed E-state index contributed by atoms with van der Waals surface area (Å²) in [6.45, 7) is 8.53. The normalized spacial score (nSPS) is 14.6. The molecule has 1 atom stereocenters. The highest BCUT2D eigenvalue weighted by molar-refractivity contribution is 6.17. The second kappa shape index (κ2) is 10.7. The molecule has 0 N–H and O–H groups in total. The maximum absolute atomic E-state index is 13.5. The molecule has 6 nitrogen and oxygen atoms in total. The van der Waals surface area contributed by atoms with Gasteiger partial charge in [0, 0.05) is 35.4 Å². The van der Waals surface area contributed by atoms with Crippen molar-refractivity contribution in [1.82, 2.24) is 9.47 Å². The molecule has 1 aliphatic heterocycles. The minimum atomic E-state index is -0.510. The third-order valence-electron chi connectivity index (χ3n) is 7.02. The fourth-order valence-corrected chi connectivity index (χ4v) is 4.91. The van der Waals surface area contributed by atoms with Crippen LogP contribution in [-0.2, 0) is 20.9 Å². The fourth-order valence-electron chi connectivity index (χ4n) is 4.91. The number of aryl methyl sites for hydroxylation is 1. The molecule has 0 spiro atoms. The number of amides is 1. The summed E-state index contributed by atoms with van der Waals surface area (Å²) >= 11 is 0. The maximum atomic E-state index is 13.5. The van der Waals surface area contributed by atoms with Crippen LogP contribution in [0.2, 0.25) is 0 Å². The Balaban J connectivity index is 1.37. The molecule has 37 heavy (non-hydrogen) atoms. The van der Waals surface area contributed by atoms with E-state index < -0.39 is 6.10 Å². The standard InChI is InChI=1S/C31H32N2O4/c1-21-8-12-25(13-9-21)30(34)29-22(2)33(28-7-5-4-6-27(28)29)26-14-10-24(11-15-26)20-37-23(3)31(35)32-16-18-36-19-17-32/h4-15,23H,16-20H2,1-3H3/t23-/m1/s1. The first-order valence-corrected chi connectivity index (χ1v) is 12.7. The van der Waals surface area contributed by atoms with Crippen molar-refractivity contribution >= 4 is 22.6 Å². The smallest absolute Gasteiger partial charge is 0.251 e. The fraction of sp³-hybridized carbons (Fsp3) is 0.290. The van der Waals surface area contributed by atoms with E-state index >= 15 is 0 Å². The molecule has 1 saturated heterocycles. The minimum Gasteiger partial charge on any atom is -0.378 e. The van der Waals surface area contributed by atoms with E-state index in [2.05, 4.69) is 4.57 Å². The topological polar surface area (TPSA) is 60.8 Å². The number of hydrogen-bond donors (Lipinski definition) is 0. The number of ketones is 1. The molecule has 1 amide bonds. The lowest BCUT2D eigenvalue weighted by Gasteiger charge is -2.29. The van der Waals surface area contributed by atoms with Gasteiger partial charge in [-0.3, -0.25) is 9.59 Å². The van der Waals surface area contributed by atoms with Gasteiger partial charge in [0.15, 0.2) is 5.78 Å². The largest absolute Gasteiger partial charge is 0.378 e. The molecule has 0 saturated carbocycles. The Morgan fingerprint density at radius 3 is 2.30 bits per heavy atom. The van der Waals surface area contributed by atoms with Crippen molar-refractivity contribution in [3.63, 3.8) is 0 Å². The summed E-state index contributed by atoms with van der Waals surface area (Å²) in [7, 11) is 0. The maximum Gasteiger partial charge on any atom is 0.251 e. The summed E-state index contributed by atoms with van der Waals surface area (Å²) in [6, 6.07) is 23.8. The van der Waals surface area contributed by atoms with E-state index in [4.69, 9.17) is 9.47 Å². The van der Waals surface area contributed by atoms with Gasteiger partial charge in [0.25, 0.3) is 5.91 Å². The monoisotopic (exact) mass is 496 g/mol. The Morgan fingerprint density at radius 1 is 0.919 bits per heavy atom. The second-order valence-electron chi connectivity index (χ2n) is 9.57. The molecule has 190 valence electrons. The van der Waals surface area contributed by atoms with Crippen LogP contribution in [-0.4, -0.2) is 53.6 Å². The van der Waals surface area contributed by atoms with Gasteiger partial charge in [-0.15, -0.1) is 0 Å². The molecule has 2 heterocycles. The number of aromatic nitrogens is 1. The van der Waals surface area contributed by atoms with Gasteiger partial charge >= 0.3 is 0 Å². The number of hydrogen-bond acceptors (Lipinski definition) is 4. The number of para-hydroxylation sites is 1. The molecule has 5 rings (SSSR count). The molecule has 1 aliphatic rings. The number of morpholine rings is 1. The van der Waals surface area contributed by atoms with Crippen molar-refractivity contribution in [3.05, 3.63) is 101 Å². The first-order valence-electron chi connectivity index (χ1n) is 12.7. The summed E-state index contributed by atoms with van der Waals surface area (Å²) < 4.78 is 13.4. The van der Waals surface area contributed by atoms with Crippen molar-refractivity contribution < 1.29 is 19.1 Å². The molecule has 4 aromatic rings. The van der Waals surface area contributed by atoms with Crippen LogP contribution >= 0.6 is 0 Å². The van der Waals surface area contributed by atoms with Crippen LogP contribution in [0.5, 0.6) is 0 Å². The van der Waals surface area contributed by atoms with Gasteiger partial charge in [-0.1, -0.05) is 60.2 Å². The Hall–Kier alpha value is -3.74. The molecule has 0 radical (unpaired) electrons. The van der Waals surface area contributed by atoms with Gasteiger partial charge in [0.05, 0.1) is 30.9 Å². The third-order valence-corrected chi connectivity index (χ3v) is 7.02. The van der Waals surface area contributed by atoms with Crippen LogP contribution in [0.4, 0.5) is 0 Å². The average molecular weight is 497 g/mol. The lowest BCUT2D eigenvalue weighted by molar-refractivity contribution is -0.147. The first-order chi connectivity index (χ1) is 17.9. The Kier molecular flexibility index (Phi) is 7.22. The molecule has 3 aromatic carbocycles. The van der Waals surface area contributed by atoms with E-state index in [1.54, 1.807) is 11.8 Å². The Labute approximate surface area is 217 Å². The van der Waals surface area contributed by atoms with E-state index in [0.717, 1.165) is 39.0 Å². The van der Waals surface area contributed by atoms with Gasteiger partial charge in [-0.25, -0.2) is 0 Å². The molecule has 6 heteroatoms. The minimum absolute atomic E-state index is 0.000120. The zero-order valence-electron chi connectivity index (χ0n) is 21.6. The van der Waals surface area contributed by atoms with Crippen molar-refractivity contribution in [1.29, 1.82) is 0 Å². The zero-order chi connectivity index (χ0) is 25.9. The van der Waals surface area contributed by atoms with Crippen LogP contribution in [0, 0.1) is 13.8 Å². The second-order valence-corrected chi connectivity index (χ2v) is 9.57. The number of nitrogens with zero attached hydrogens (tertiary/aromatic N) is 2. The van der Waals surface area contributed by atoms with Crippen LogP contribution in [0.1, 0.15) is 39.7 Å². The number of ether oxygens (including phenoxy) is 2. The van der Waals surface area contributed by atoms with E-state index in [9.17, 15) is 9.59 Å². The van der Waals surface area contributed by atoms with Gasteiger partial charge in [-0.05, 0) is 44.5 Å². The Morgan fingerprint density at radius 2 is 1.59 bits per heavy atom. The molecule has 1 fully saturated rings. The first kappa shape index (κ1) is 24.9. The van der Waals surface area contributed by atoms with Crippen molar-refractivity contribution in [2.24, 2.45) is 0 Å². The summed E-state index contributed by atoms with van der Waals surface area (Å²) in [5.74, 6) is 0.0246. The quantitative estimate of drug-likeness (QED) is 0.328. The Bertz CT molecular complexity index is 1410. The number of carbonyl (C=O) groups is 2. The summed E-state index contributed by atoms with van der Waals surface area (Å²) in [5, 5.41) is 0.938. The molecule has 0 unspecified atom stereocenters. The highest BCUT2D eigenvalue weighted by atomic mass is 16.5. The molecular formula is C31H32N2O4. The van der Waals surface area contributed by atoms with Crippen LogP contribution < -0.4 is 0 Å². The van der Waals surface area contributed by atoms with Gasteiger partial charge in [-0.2, -0.15) is 0 Å². The van der Waals surface area contributed by atoms with Gasteiger partial charge in [0.2, 0.25) is 0 Å². The lowest BCUT2D eigenvalue weighted by Crippen LogP contribution is -2.45. The number of fused-ring (bicyclic) bond motifs is 1. The summed E-state index contributed by atoms with van der Waals surface area (Å²) in [4.78, 5) is 28.0. The highest BCUT2D eigenvalue weighted by Gasteiger charge is 2.24. The van der Waals surface area contributed by atoms with Crippen LogP contribution in [0.3, 0.4) is 0 Å². The van der Waals surface area contributed by atoms with Crippen molar-refractivity contribution in [2.45, 2.75) is 33.5 Å². The van der Waals surface area contributed by atoms with Gasteiger partial charge in [0.1, 0.15) is 6.10 Å². The summed E-state index contributed by atoms with van der Waals surface area (Å²) in [5.41, 5.74) is 6.38. The molecule has 0 bridgehead atoms. The van der Waals surface area contributed by atoms with E-state index in [1.165, 1.54) is 0 Å². The number of rotatable bonds is 7. The van der Waals surface area contributed by atoms with E-state index in [0.29, 0.717) is 38.5 Å². The van der Waals surface area contributed by atoms with Crippen LogP contribution in [0.15, 0.2) is 72.8 Å². The average Bonchev–Trinajstić information content (AvgIpc) is 3.23. The lowest BCUT2D eigenvalue weighted by atomic mass is 10.00. The highest BCUT2D eigenvalue weighted by Crippen LogP contribution is 2.31. The van der Waals surface area contributed by atoms with Crippen LogP contribution in [0.25, 0.3) is 16.6 Å². The molecule has 1 aromatic heterocycles. The predicted molar refractivity (Wildman–Crippen MR) is 144 cm³/mol. The van der Waals surface area contributed by atoms with Crippen molar-refractivity contribution in [3.8, 4) is 5.69 Å². The van der Waals surface area contributed by atoms with Crippen molar-refractivity contribution in [2.75, 3.05) is 26.3 Å². The summed E-state index contributed by atoms with van der Waals surface area (Å²) in [6.07, 6.45) is -0.510. The SMILES string of the molecule is Cc1ccc(C(=O)c2c(C)n(-c3ccc(CO[C@H](C)C(=O)N4CCOCC4)cc3)c3ccccc23)cc1. The number of carbonyl (C=O) groups excluding carboxylic acids is 2. The zero-order valence-corrected chi connectivity index (χ0v) is 21.6. The number of benzene rings is 3. The van der Waals surface area contributed by atoms with E-state index in [1.807, 2.05) is 86.6 Å².